The van der Waals surface area contributed by atoms with E-state index >= 15 is 0 Å². The number of nitrogens with two attached hydrogens (primary N) is 1. The number of methoxy groups -OCH3 is 2. The van der Waals surface area contributed by atoms with Gasteiger partial charge in [0.2, 0.25) is 0 Å². The van der Waals surface area contributed by atoms with Crippen LogP contribution in [0.3, 0.4) is 0 Å². The molecule has 0 fully saturated rings. The second-order valence-corrected chi connectivity index (χ2v) is 4.48. The summed E-state index contributed by atoms with van der Waals surface area (Å²) in [5.41, 5.74) is 7.04. The lowest BCUT2D eigenvalue weighted by atomic mass is 10.2. The fourth-order valence-electron chi connectivity index (χ4n) is 1.74. The first-order chi connectivity index (χ1) is 9.55. The molecular weight excluding hydrogens is 283 g/mol. The number of nitrogens with one attached hydrogen (secondary N) is 1. The molecule has 0 aliphatic rings. The van der Waals surface area contributed by atoms with Crippen LogP contribution < -0.4 is 20.5 Å². The Balaban J connectivity index is 2.40. The Morgan fingerprint density at radius 1 is 1.05 bits per heavy atom. The van der Waals surface area contributed by atoms with Crippen molar-refractivity contribution < 1.29 is 13.9 Å². The fourth-order valence-corrected chi connectivity index (χ4v) is 1.91. The average molecular weight is 297 g/mol. The molecule has 0 spiro atoms. The van der Waals surface area contributed by atoms with E-state index in [-0.39, 0.29) is 5.69 Å². The van der Waals surface area contributed by atoms with E-state index in [4.69, 9.17) is 26.8 Å². The van der Waals surface area contributed by atoms with Gasteiger partial charge in [-0.05, 0) is 18.2 Å². The van der Waals surface area contributed by atoms with E-state index < -0.39 is 5.82 Å². The molecule has 0 aromatic heterocycles. The van der Waals surface area contributed by atoms with Crippen LogP contribution in [0.25, 0.3) is 0 Å². The highest BCUT2D eigenvalue weighted by molar-refractivity contribution is 6.30. The summed E-state index contributed by atoms with van der Waals surface area (Å²) in [5.74, 6) is 0.567. The molecule has 2 rings (SSSR count). The van der Waals surface area contributed by atoms with E-state index in [9.17, 15) is 4.39 Å². The molecule has 0 amide bonds. The predicted molar refractivity (Wildman–Crippen MR) is 78.7 cm³/mol. The van der Waals surface area contributed by atoms with Crippen LogP contribution in [0, 0.1) is 5.82 Å². The third-order valence-electron chi connectivity index (χ3n) is 2.75. The van der Waals surface area contributed by atoms with Gasteiger partial charge in [-0.1, -0.05) is 11.6 Å². The Morgan fingerprint density at radius 3 is 2.35 bits per heavy atom. The molecule has 0 heterocycles. The highest BCUT2D eigenvalue weighted by Gasteiger charge is 2.11. The maximum Gasteiger partial charge on any atom is 0.162 e. The summed E-state index contributed by atoms with van der Waals surface area (Å²) in [7, 11) is 3.03. The molecule has 106 valence electrons. The number of nitrogen functional groups attached to an aromatic ring is 1. The largest absolute Gasteiger partial charge is 0.493 e. The normalized spacial score (nSPS) is 10.2. The summed E-state index contributed by atoms with van der Waals surface area (Å²) >= 11 is 5.85. The first-order valence-corrected chi connectivity index (χ1v) is 6.16. The molecule has 0 unspecified atom stereocenters. The fraction of sp³-hybridized carbons (Fsp3) is 0.143. The molecule has 0 radical (unpaired) electrons. The van der Waals surface area contributed by atoms with Gasteiger partial charge in [0.15, 0.2) is 11.5 Å². The van der Waals surface area contributed by atoms with Crippen molar-refractivity contribution in [1.82, 2.24) is 0 Å². The van der Waals surface area contributed by atoms with Crippen LogP contribution in [0.4, 0.5) is 21.5 Å². The monoisotopic (exact) mass is 296 g/mol. The minimum absolute atomic E-state index is 0.233. The van der Waals surface area contributed by atoms with Crippen molar-refractivity contribution in [2.45, 2.75) is 0 Å². The summed E-state index contributed by atoms with van der Waals surface area (Å²) < 4.78 is 24.0. The van der Waals surface area contributed by atoms with Gasteiger partial charge in [0.25, 0.3) is 0 Å². The lowest BCUT2D eigenvalue weighted by Crippen LogP contribution is -2.00. The number of anilines is 3. The topological polar surface area (TPSA) is 56.5 Å². The number of hydrogen-bond donors (Lipinski definition) is 2. The molecule has 0 saturated carbocycles. The van der Waals surface area contributed by atoms with Crippen molar-refractivity contribution in [1.29, 1.82) is 0 Å². The van der Waals surface area contributed by atoms with E-state index in [2.05, 4.69) is 5.32 Å². The predicted octanol–water partition coefficient (Wildman–Crippen LogP) is 3.82. The summed E-state index contributed by atoms with van der Waals surface area (Å²) in [6.07, 6.45) is 0. The second kappa shape index (κ2) is 5.88. The van der Waals surface area contributed by atoms with E-state index in [0.717, 1.165) is 0 Å². The van der Waals surface area contributed by atoms with Crippen molar-refractivity contribution in [2.24, 2.45) is 0 Å². The molecule has 0 saturated heterocycles. The van der Waals surface area contributed by atoms with Gasteiger partial charge in [0.1, 0.15) is 5.82 Å². The zero-order valence-corrected chi connectivity index (χ0v) is 11.8. The molecule has 0 bridgehead atoms. The smallest absolute Gasteiger partial charge is 0.162 e. The van der Waals surface area contributed by atoms with Crippen molar-refractivity contribution >= 4 is 28.7 Å². The Labute approximate surface area is 121 Å². The molecule has 0 aliphatic heterocycles. The maximum atomic E-state index is 13.7. The van der Waals surface area contributed by atoms with E-state index in [1.54, 1.807) is 12.1 Å². The van der Waals surface area contributed by atoms with Gasteiger partial charge in [0.05, 0.1) is 31.3 Å². The summed E-state index contributed by atoms with van der Waals surface area (Å²) in [4.78, 5) is 0. The van der Waals surface area contributed by atoms with Crippen LogP contribution in [0.15, 0.2) is 30.3 Å². The van der Waals surface area contributed by atoms with E-state index in [0.29, 0.717) is 27.9 Å². The van der Waals surface area contributed by atoms with Gasteiger partial charge < -0.3 is 20.5 Å². The maximum absolute atomic E-state index is 13.7. The van der Waals surface area contributed by atoms with Crippen LogP contribution in [0.5, 0.6) is 11.5 Å². The summed E-state index contributed by atoms with van der Waals surface area (Å²) in [6, 6.07) is 7.47. The standard InChI is InChI=1S/C14H14ClFN2O2/c1-19-13-6-10(17)12(7-14(13)20-2)18-11-5-8(15)3-4-9(11)16/h3-7,18H,17H2,1-2H3. The second-order valence-electron chi connectivity index (χ2n) is 4.04. The Morgan fingerprint density at radius 2 is 1.70 bits per heavy atom. The van der Waals surface area contributed by atoms with Gasteiger partial charge in [0, 0.05) is 17.2 Å². The molecule has 2 aromatic rings. The number of rotatable bonds is 4. The first-order valence-electron chi connectivity index (χ1n) is 5.78. The van der Waals surface area contributed by atoms with Crippen molar-refractivity contribution in [2.75, 3.05) is 25.3 Å². The van der Waals surface area contributed by atoms with Gasteiger partial charge in [-0.2, -0.15) is 0 Å². The Hall–Kier alpha value is -2.14. The van der Waals surface area contributed by atoms with Crippen molar-refractivity contribution in [3.8, 4) is 11.5 Å². The van der Waals surface area contributed by atoms with E-state index in [1.165, 1.54) is 32.4 Å². The third-order valence-corrected chi connectivity index (χ3v) is 2.99. The molecule has 4 nitrogen and oxygen atoms in total. The zero-order chi connectivity index (χ0) is 14.7. The average Bonchev–Trinajstić information content (AvgIpc) is 2.44. The molecule has 3 N–H and O–H groups in total. The van der Waals surface area contributed by atoms with Crippen molar-refractivity contribution in [3.05, 3.63) is 41.2 Å². The van der Waals surface area contributed by atoms with Crippen molar-refractivity contribution in [3.63, 3.8) is 0 Å². The number of ether oxygens (including phenoxy) is 2. The summed E-state index contributed by atoms with van der Waals surface area (Å²) in [6.45, 7) is 0. The highest BCUT2D eigenvalue weighted by Crippen LogP contribution is 2.36. The van der Waals surface area contributed by atoms with Crippen LogP contribution in [-0.4, -0.2) is 14.2 Å². The Kier molecular flexibility index (Phi) is 4.20. The van der Waals surface area contributed by atoms with Gasteiger partial charge in [-0.25, -0.2) is 4.39 Å². The minimum atomic E-state index is -0.427. The number of benzene rings is 2. The minimum Gasteiger partial charge on any atom is -0.493 e. The molecule has 0 atom stereocenters. The lowest BCUT2D eigenvalue weighted by Gasteiger charge is -2.14. The molecular formula is C14H14ClFN2O2. The van der Waals surface area contributed by atoms with Gasteiger partial charge in [-0.3, -0.25) is 0 Å². The molecule has 0 aliphatic carbocycles. The highest BCUT2D eigenvalue weighted by atomic mass is 35.5. The van der Waals surface area contributed by atoms with Crippen LogP contribution in [0.2, 0.25) is 5.02 Å². The zero-order valence-electron chi connectivity index (χ0n) is 11.0. The first kappa shape index (κ1) is 14.3. The third kappa shape index (κ3) is 2.88. The van der Waals surface area contributed by atoms with Gasteiger partial charge >= 0.3 is 0 Å². The molecule has 6 heteroatoms. The number of halogens is 2. The molecule has 20 heavy (non-hydrogen) atoms. The summed E-state index contributed by atoms with van der Waals surface area (Å²) in [5, 5.41) is 3.31. The molecule has 2 aromatic carbocycles. The SMILES string of the molecule is COc1cc(N)c(Nc2cc(Cl)ccc2F)cc1OC. The van der Waals surface area contributed by atoms with Crippen LogP contribution in [-0.2, 0) is 0 Å². The van der Waals surface area contributed by atoms with Crippen LogP contribution >= 0.6 is 11.6 Å². The lowest BCUT2D eigenvalue weighted by molar-refractivity contribution is 0.355. The number of hydrogen-bond acceptors (Lipinski definition) is 4. The van der Waals surface area contributed by atoms with E-state index in [1.807, 2.05) is 0 Å². The quantitative estimate of drug-likeness (QED) is 0.842. The van der Waals surface area contributed by atoms with Gasteiger partial charge in [-0.15, -0.1) is 0 Å². The Bertz CT molecular complexity index is 635. The van der Waals surface area contributed by atoms with Crippen LogP contribution in [0.1, 0.15) is 0 Å².